The van der Waals surface area contributed by atoms with Crippen molar-refractivity contribution in [1.82, 2.24) is 14.5 Å². The molecule has 0 amide bonds. The van der Waals surface area contributed by atoms with E-state index in [-0.39, 0.29) is 21.1 Å². The van der Waals surface area contributed by atoms with Gasteiger partial charge in [0.1, 0.15) is 5.82 Å². The Bertz CT molecular complexity index is 1610. The van der Waals surface area contributed by atoms with E-state index in [1.54, 1.807) is 11.8 Å². The summed E-state index contributed by atoms with van der Waals surface area (Å²) in [6, 6.07) is 36.2. The Morgan fingerprint density at radius 3 is 2.38 bits per heavy atom. The van der Waals surface area contributed by atoms with Gasteiger partial charge in [-0.15, -0.1) is 12.1 Å². The second-order valence-corrected chi connectivity index (χ2v) is 8.89. The first-order valence-corrected chi connectivity index (χ1v) is 11.6. The summed E-state index contributed by atoms with van der Waals surface area (Å²) in [4.78, 5) is 10.2. The van der Waals surface area contributed by atoms with Gasteiger partial charge in [-0.3, -0.25) is 0 Å². The van der Waals surface area contributed by atoms with E-state index in [0.29, 0.717) is 0 Å². The molecule has 3 aromatic heterocycles. The second-order valence-electron chi connectivity index (χ2n) is 7.83. The summed E-state index contributed by atoms with van der Waals surface area (Å²) in [5.41, 5.74) is 5.29. The van der Waals surface area contributed by atoms with Crippen molar-refractivity contribution < 1.29 is 21.1 Å². The SMILES string of the molecule is Cc1cccnc1-n1c2[c-]c(-c3[c-]c(Sc4ccccn4)ccc3)ccc2c2ccccc21.[Pt+2]. The largest absolute Gasteiger partial charge is 2.00 e. The quantitative estimate of drug-likeness (QED) is 0.191. The predicted octanol–water partition coefficient (Wildman–Crippen LogP) is 7.30. The Labute approximate surface area is 217 Å². The summed E-state index contributed by atoms with van der Waals surface area (Å²) in [6.07, 6.45) is 3.66. The van der Waals surface area contributed by atoms with Crippen molar-refractivity contribution in [3.05, 3.63) is 115 Å². The minimum atomic E-state index is 0. The fourth-order valence-electron chi connectivity index (χ4n) is 4.17. The van der Waals surface area contributed by atoms with Crippen LogP contribution in [-0.2, 0) is 21.1 Å². The molecule has 0 bridgehead atoms. The first-order chi connectivity index (χ1) is 16.3. The van der Waals surface area contributed by atoms with Gasteiger partial charge < -0.3 is 4.57 Å². The number of aryl methyl sites for hydroxylation is 1. The molecule has 3 nitrogen and oxygen atoms in total. The van der Waals surface area contributed by atoms with Crippen molar-refractivity contribution >= 4 is 33.6 Å². The predicted molar refractivity (Wildman–Crippen MR) is 135 cm³/mol. The van der Waals surface area contributed by atoms with Crippen LogP contribution < -0.4 is 0 Å². The first kappa shape index (κ1) is 22.6. The van der Waals surface area contributed by atoms with E-state index in [0.717, 1.165) is 43.5 Å². The van der Waals surface area contributed by atoms with Crippen molar-refractivity contribution in [2.24, 2.45) is 0 Å². The van der Waals surface area contributed by atoms with Crippen LogP contribution in [-0.4, -0.2) is 14.5 Å². The van der Waals surface area contributed by atoms with Crippen LogP contribution >= 0.6 is 11.8 Å². The Hall–Kier alpha value is -3.20. The van der Waals surface area contributed by atoms with Crippen LogP contribution in [0.3, 0.4) is 0 Å². The molecule has 5 heteroatoms. The zero-order valence-electron chi connectivity index (χ0n) is 18.3. The topological polar surface area (TPSA) is 30.7 Å². The molecule has 0 spiro atoms. The molecular weight excluding hydrogens is 617 g/mol. The van der Waals surface area contributed by atoms with E-state index in [1.165, 1.54) is 10.8 Å². The van der Waals surface area contributed by atoms with Crippen molar-refractivity contribution in [2.45, 2.75) is 16.8 Å². The van der Waals surface area contributed by atoms with Gasteiger partial charge in [-0.25, -0.2) is 21.1 Å². The van der Waals surface area contributed by atoms with E-state index in [9.17, 15) is 0 Å². The zero-order chi connectivity index (χ0) is 22.2. The third-order valence-corrected chi connectivity index (χ3v) is 6.60. The number of aromatic nitrogens is 3. The number of pyridine rings is 2. The molecule has 0 saturated heterocycles. The average Bonchev–Trinajstić information content (AvgIpc) is 3.19. The van der Waals surface area contributed by atoms with Crippen molar-refractivity contribution in [1.29, 1.82) is 0 Å². The Morgan fingerprint density at radius 1 is 0.706 bits per heavy atom. The fourth-order valence-corrected chi connectivity index (χ4v) is 4.96. The van der Waals surface area contributed by atoms with Gasteiger partial charge in [-0.05, 0) is 47.7 Å². The van der Waals surface area contributed by atoms with E-state index in [1.807, 2.05) is 36.7 Å². The summed E-state index contributed by atoms with van der Waals surface area (Å²) in [6.45, 7) is 2.10. The van der Waals surface area contributed by atoms with Gasteiger partial charge in [0, 0.05) is 17.9 Å². The smallest absolute Gasteiger partial charge is 0.313 e. The zero-order valence-corrected chi connectivity index (χ0v) is 21.4. The second kappa shape index (κ2) is 9.58. The number of rotatable bonds is 4. The number of hydrogen-bond donors (Lipinski definition) is 0. The molecular formula is C29H19N3PtS. The number of benzene rings is 3. The molecule has 0 aliphatic rings. The number of para-hydroxylation sites is 1. The van der Waals surface area contributed by atoms with Crippen molar-refractivity contribution in [2.75, 3.05) is 0 Å². The molecule has 0 saturated carbocycles. The van der Waals surface area contributed by atoms with Crippen LogP contribution in [0, 0.1) is 19.1 Å². The minimum Gasteiger partial charge on any atom is -0.313 e. The van der Waals surface area contributed by atoms with Crippen LogP contribution in [0.15, 0.2) is 107 Å². The van der Waals surface area contributed by atoms with Crippen LogP contribution in [0.4, 0.5) is 0 Å². The molecule has 3 heterocycles. The third kappa shape index (κ3) is 4.09. The van der Waals surface area contributed by atoms with Crippen LogP contribution in [0.5, 0.6) is 0 Å². The summed E-state index contributed by atoms with van der Waals surface area (Å²) in [5, 5.41) is 3.32. The Balaban J connectivity index is 0.00000241. The fraction of sp³-hybridized carbons (Fsp3) is 0.0345. The van der Waals surface area contributed by atoms with Gasteiger partial charge >= 0.3 is 21.1 Å². The number of hydrogen-bond acceptors (Lipinski definition) is 3. The van der Waals surface area contributed by atoms with E-state index < -0.39 is 0 Å². The Kier molecular flexibility index (Phi) is 6.36. The van der Waals surface area contributed by atoms with E-state index >= 15 is 0 Å². The third-order valence-electron chi connectivity index (χ3n) is 5.69. The van der Waals surface area contributed by atoms with E-state index in [4.69, 9.17) is 4.98 Å². The molecule has 6 aromatic rings. The van der Waals surface area contributed by atoms with Crippen LogP contribution in [0.2, 0.25) is 0 Å². The van der Waals surface area contributed by atoms with Gasteiger partial charge in [0.2, 0.25) is 0 Å². The summed E-state index contributed by atoms with van der Waals surface area (Å²) in [5.74, 6) is 0.931. The summed E-state index contributed by atoms with van der Waals surface area (Å²) < 4.78 is 2.22. The van der Waals surface area contributed by atoms with Crippen molar-refractivity contribution in [3.8, 4) is 16.9 Å². The first-order valence-electron chi connectivity index (χ1n) is 10.8. The Morgan fingerprint density at radius 2 is 1.53 bits per heavy atom. The number of nitrogens with zero attached hydrogens (tertiary/aromatic N) is 3. The normalized spacial score (nSPS) is 11.0. The molecule has 0 aliphatic carbocycles. The molecule has 166 valence electrons. The minimum absolute atomic E-state index is 0. The monoisotopic (exact) mass is 636 g/mol. The molecule has 0 fully saturated rings. The van der Waals surface area contributed by atoms with Gasteiger partial charge in [-0.2, -0.15) is 30.3 Å². The van der Waals surface area contributed by atoms with E-state index in [2.05, 4.69) is 89.3 Å². The van der Waals surface area contributed by atoms with Gasteiger partial charge in [0.05, 0.1) is 5.03 Å². The van der Waals surface area contributed by atoms with Gasteiger partial charge in [0.15, 0.2) is 0 Å². The molecule has 0 aliphatic heterocycles. The summed E-state index contributed by atoms with van der Waals surface area (Å²) in [7, 11) is 0. The molecule has 6 rings (SSSR count). The van der Waals surface area contributed by atoms with Gasteiger partial charge in [0.25, 0.3) is 0 Å². The van der Waals surface area contributed by atoms with Crippen LogP contribution in [0.1, 0.15) is 5.56 Å². The maximum atomic E-state index is 4.71. The molecule has 34 heavy (non-hydrogen) atoms. The maximum absolute atomic E-state index is 4.71. The molecule has 3 aromatic carbocycles. The molecule has 0 atom stereocenters. The average molecular weight is 637 g/mol. The van der Waals surface area contributed by atoms with Gasteiger partial charge in [-0.1, -0.05) is 52.4 Å². The number of fused-ring (bicyclic) bond motifs is 3. The molecule has 0 unspecified atom stereocenters. The van der Waals surface area contributed by atoms with Crippen molar-refractivity contribution in [3.63, 3.8) is 0 Å². The maximum Gasteiger partial charge on any atom is 2.00 e. The standard InChI is InChI=1S/C29H19N3S.Pt/c1-20-8-7-17-31-29(20)32-26-12-3-2-11-24(26)25-15-14-22(19-27(25)32)21-9-6-10-23(18-21)33-28-13-4-5-16-30-28;/h2-17H,1H3;/q-2;+2. The molecule has 0 N–H and O–H groups in total. The summed E-state index contributed by atoms with van der Waals surface area (Å²) >= 11 is 1.61. The molecule has 0 radical (unpaired) electrons. The van der Waals surface area contributed by atoms with Crippen LogP contribution in [0.25, 0.3) is 38.8 Å².